The molecule has 0 aliphatic carbocycles. The van der Waals surface area contributed by atoms with Gasteiger partial charge in [0.05, 0.1) is 5.88 Å². The van der Waals surface area contributed by atoms with Crippen LogP contribution in [0.5, 0.6) is 0 Å². The number of thioether (sulfide) groups is 1. The molecule has 0 radical (unpaired) electrons. The molecule has 2 rings (SSSR count). The first-order valence-electron chi connectivity index (χ1n) is 7.10. The maximum absolute atomic E-state index is 12.3. The topological polar surface area (TPSA) is 61.4 Å². The van der Waals surface area contributed by atoms with Gasteiger partial charge in [0.25, 0.3) is 0 Å². The van der Waals surface area contributed by atoms with Crippen LogP contribution in [0.1, 0.15) is 32.6 Å². The summed E-state index contributed by atoms with van der Waals surface area (Å²) in [6, 6.07) is 0.00131. The highest BCUT2D eigenvalue weighted by Gasteiger charge is 2.34. The predicted octanol–water partition coefficient (Wildman–Crippen LogP) is 0.556. The minimum Gasteiger partial charge on any atom is -0.351 e. The number of piperidine rings is 1. The van der Waals surface area contributed by atoms with Gasteiger partial charge in [-0.15, -0.1) is 11.8 Å². The van der Waals surface area contributed by atoms with Gasteiger partial charge in [-0.1, -0.05) is 6.92 Å². The molecule has 0 aromatic rings. The van der Waals surface area contributed by atoms with Gasteiger partial charge in [0, 0.05) is 18.2 Å². The summed E-state index contributed by atoms with van der Waals surface area (Å²) in [5, 5.41) is 6.38. The molecule has 2 aliphatic rings. The van der Waals surface area contributed by atoms with E-state index in [4.69, 9.17) is 0 Å². The third-order valence-corrected chi connectivity index (χ3v) is 4.67. The number of hydrogen-bond donors (Lipinski definition) is 2. The molecule has 2 saturated heterocycles. The molecule has 0 aromatic carbocycles. The van der Waals surface area contributed by atoms with E-state index in [0.29, 0.717) is 12.3 Å². The summed E-state index contributed by atoms with van der Waals surface area (Å²) in [4.78, 5) is 26.0. The lowest BCUT2D eigenvalue weighted by molar-refractivity contribution is -0.138. The van der Waals surface area contributed by atoms with Crippen LogP contribution < -0.4 is 10.6 Å². The molecule has 0 bridgehead atoms. The molecule has 2 heterocycles. The standard InChI is InChI=1S/C13H23N3O2S/c1-2-3-12(17)16-9-19-8-11(16)13(18)15-10-4-6-14-7-5-10/h10-11,14H,2-9H2,1H3,(H,15,18). The van der Waals surface area contributed by atoms with Crippen LogP contribution in [0.2, 0.25) is 0 Å². The Morgan fingerprint density at radius 2 is 2.11 bits per heavy atom. The fraction of sp³-hybridized carbons (Fsp3) is 0.846. The number of nitrogens with zero attached hydrogens (tertiary/aromatic N) is 1. The lowest BCUT2D eigenvalue weighted by atomic mass is 10.1. The van der Waals surface area contributed by atoms with Crippen molar-refractivity contribution in [2.75, 3.05) is 24.7 Å². The van der Waals surface area contributed by atoms with Crippen LogP contribution in [0, 0.1) is 0 Å². The zero-order chi connectivity index (χ0) is 13.7. The third kappa shape index (κ3) is 3.86. The van der Waals surface area contributed by atoms with Crippen LogP contribution in [0.4, 0.5) is 0 Å². The van der Waals surface area contributed by atoms with E-state index in [-0.39, 0.29) is 23.9 Å². The number of nitrogens with one attached hydrogen (secondary N) is 2. The Hall–Kier alpha value is -0.750. The van der Waals surface area contributed by atoms with Gasteiger partial charge >= 0.3 is 0 Å². The molecule has 19 heavy (non-hydrogen) atoms. The Labute approximate surface area is 118 Å². The maximum atomic E-state index is 12.3. The van der Waals surface area contributed by atoms with Crippen LogP contribution in [0.3, 0.4) is 0 Å². The van der Waals surface area contributed by atoms with Gasteiger partial charge in [-0.3, -0.25) is 9.59 Å². The van der Waals surface area contributed by atoms with Crippen LogP contribution in [-0.2, 0) is 9.59 Å². The molecule has 2 amide bonds. The molecular weight excluding hydrogens is 262 g/mol. The zero-order valence-corrected chi connectivity index (χ0v) is 12.3. The highest BCUT2D eigenvalue weighted by Crippen LogP contribution is 2.22. The summed E-state index contributed by atoms with van der Waals surface area (Å²) in [7, 11) is 0. The largest absolute Gasteiger partial charge is 0.351 e. The molecule has 0 aromatic heterocycles. The van der Waals surface area contributed by atoms with Crippen LogP contribution >= 0.6 is 11.8 Å². The maximum Gasteiger partial charge on any atom is 0.243 e. The van der Waals surface area contributed by atoms with E-state index in [1.54, 1.807) is 16.7 Å². The lowest BCUT2D eigenvalue weighted by Gasteiger charge is -2.28. The minimum absolute atomic E-state index is 0.0290. The summed E-state index contributed by atoms with van der Waals surface area (Å²) >= 11 is 1.67. The normalized spacial score (nSPS) is 24.5. The van der Waals surface area contributed by atoms with Crippen molar-refractivity contribution in [1.82, 2.24) is 15.5 Å². The Morgan fingerprint density at radius 3 is 2.79 bits per heavy atom. The van der Waals surface area contributed by atoms with Crippen molar-refractivity contribution in [3.8, 4) is 0 Å². The van der Waals surface area contributed by atoms with Gasteiger partial charge < -0.3 is 15.5 Å². The van der Waals surface area contributed by atoms with Crippen LogP contribution in [0.15, 0.2) is 0 Å². The second kappa shape index (κ2) is 7.14. The van der Waals surface area contributed by atoms with Crippen molar-refractivity contribution in [2.45, 2.75) is 44.7 Å². The smallest absolute Gasteiger partial charge is 0.243 e. The SMILES string of the molecule is CCCC(=O)N1CSCC1C(=O)NC1CCNCC1. The van der Waals surface area contributed by atoms with E-state index in [9.17, 15) is 9.59 Å². The summed E-state index contributed by atoms with van der Waals surface area (Å²) in [6.45, 7) is 3.91. The predicted molar refractivity (Wildman–Crippen MR) is 76.9 cm³/mol. The second-order valence-electron chi connectivity index (χ2n) is 5.16. The molecule has 2 fully saturated rings. The van der Waals surface area contributed by atoms with Crippen molar-refractivity contribution in [3.63, 3.8) is 0 Å². The van der Waals surface area contributed by atoms with Crippen LogP contribution in [0.25, 0.3) is 0 Å². The molecule has 0 spiro atoms. The van der Waals surface area contributed by atoms with E-state index in [2.05, 4.69) is 10.6 Å². The molecule has 1 atom stereocenters. The Kier molecular flexibility index (Phi) is 5.51. The van der Waals surface area contributed by atoms with Gasteiger partial charge in [-0.25, -0.2) is 0 Å². The zero-order valence-electron chi connectivity index (χ0n) is 11.5. The van der Waals surface area contributed by atoms with Gasteiger partial charge in [-0.05, 0) is 32.4 Å². The van der Waals surface area contributed by atoms with Gasteiger partial charge in [0.1, 0.15) is 6.04 Å². The van der Waals surface area contributed by atoms with E-state index in [1.165, 1.54) is 0 Å². The number of carbonyl (C=O) groups is 2. The Morgan fingerprint density at radius 1 is 1.37 bits per heavy atom. The summed E-state index contributed by atoms with van der Waals surface area (Å²) in [5.74, 6) is 1.52. The summed E-state index contributed by atoms with van der Waals surface area (Å²) in [6.07, 6.45) is 3.34. The van der Waals surface area contributed by atoms with Gasteiger partial charge in [0.2, 0.25) is 11.8 Å². The van der Waals surface area contributed by atoms with Gasteiger partial charge in [-0.2, -0.15) is 0 Å². The fourth-order valence-corrected chi connectivity index (χ4v) is 3.71. The molecule has 6 heteroatoms. The highest BCUT2D eigenvalue weighted by atomic mass is 32.2. The van der Waals surface area contributed by atoms with Crippen molar-refractivity contribution in [1.29, 1.82) is 0 Å². The first-order chi connectivity index (χ1) is 9.22. The van der Waals surface area contributed by atoms with Crippen LogP contribution in [-0.4, -0.2) is 53.5 Å². The quantitative estimate of drug-likeness (QED) is 0.792. The molecule has 5 nitrogen and oxygen atoms in total. The molecule has 2 aliphatic heterocycles. The summed E-state index contributed by atoms with van der Waals surface area (Å²) in [5.41, 5.74) is 0. The second-order valence-corrected chi connectivity index (χ2v) is 6.16. The van der Waals surface area contributed by atoms with Crippen molar-refractivity contribution in [2.24, 2.45) is 0 Å². The first kappa shape index (κ1) is 14.7. The monoisotopic (exact) mass is 285 g/mol. The minimum atomic E-state index is -0.265. The van der Waals surface area contributed by atoms with Gasteiger partial charge in [0.15, 0.2) is 0 Å². The molecule has 0 saturated carbocycles. The highest BCUT2D eigenvalue weighted by molar-refractivity contribution is 7.99. The van der Waals surface area contributed by atoms with E-state index >= 15 is 0 Å². The molecule has 1 unspecified atom stereocenters. The van der Waals surface area contributed by atoms with Crippen molar-refractivity contribution in [3.05, 3.63) is 0 Å². The van der Waals surface area contributed by atoms with Crippen molar-refractivity contribution >= 4 is 23.6 Å². The average molecular weight is 285 g/mol. The van der Waals surface area contributed by atoms with E-state index in [0.717, 1.165) is 38.1 Å². The number of carbonyl (C=O) groups excluding carboxylic acids is 2. The molecule has 108 valence electrons. The molecular formula is C13H23N3O2S. The van der Waals surface area contributed by atoms with E-state index in [1.807, 2.05) is 6.92 Å². The molecule has 2 N–H and O–H groups in total. The number of rotatable bonds is 4. The van der Waals surface area contributed by atoms with E-state index < -0.39 is 0 Å². The Bertz CT molecular complexity index is 332. The lowest BCUT2D eigenvalue weighted by Crippen LogP contribution is -2.51. The first-order valence-corrected chi connectivity index (χ1v) is 8.26. The average Bonchev–Trinajstić information content (AvgIpc) is 2.89. The van der Waals surface area contributed by atoms with Crippen molar-refractivity contribution < 1.29 is 9.59 Å². The fourth-order valence-electron chi connectivity index (χ4n) is 2.53. The third-order valence-electron chi connectivity index (χ3n) is 3.65. The summed E-state index contributed by atoms with van der Waals surface area (Å²) < 4.78 is 0. The Balaban J connectivity index is 1.87. The number of amides is 2. The number of hydrogen-bond acceptors (Lipinski definition) is 4.